The van der Waals surface area contributed by atoms with Gasteiger partial charge in [-0.2, -0.15) is 0 Å². The van der Waals surface area contributed by atoms with Gasteiger partial charge in [0.1, 0.15) is 5.78 Å². The lowest BCUT2D eigenvalue weighted by atomic mass is 9.88. The van der Waals surface area contributed by atoms with Crippen LogP contribution in [0.4, 0.5) is 0 Å². The molecule has 0 N–H and O–H groups in total. The number of Topliss-reactive ketones (excluding diaryl/α,β-unsaturated/α-hetero) is 1. The summed E-state index contributed by atoms with van der Waals surface area (Å²) in [4.78, 5) is 11.8. The summed E-state index contributed by atoms with van der Waals surface area (Å²) in [5.74, 6) is 0.957. The van der Waals surface area contributed by atoms with E-state index in [0.29, 0.717) is 18.1 Å². The first-order valence-electron chi connectivity index (χ1n) is 7.75. The minimum atomic E-state index is -0.229. The van der Waals surface area contributed by atoms with Crippen LogP contribution >= 0.6 is 0 Å². The number of aromatic nitrogens is 3. The van der Waals surface area contributed by atoms with Crippen LogP contribution in [0.5, 0.6) is 0 Å². The van der Waals surface area contributed by atoms with E-state index >= 15 is 0 Å². The summed E-state index contributed by atoms with van der Waals surface area (Å²) in [6, 6.07) is 0. The number of hydrogen-bond acceptors (Lipinski definition) is 3. The molecule has 1 atom stereocenters. The van der Waals surface area contributed by atoms with Gasteiger partial charge < -0.3 is 0 Å². The van der Waals surface area contributed by atoms with Gasteiger partial charge >= 0.3 is 0 Å². The zero-order valence-corrected chi connectivity index (χ0v) is 13.6. The summed E-state index contributed by atoms with van der Waals surface area (Å²) in [5, 5.41) is 8.36. The molecule has 0 aromatic carbocycles. The smallest absolute Gasteiger partial charge is 0.138 e. The van der Waals surface area contributed by atoms with Crippen molar-refractivity contribution >= 4 is 5.78 Å². The van der Waals surface area contributed by atoms with Crippen LogP contribution in [0.2, 0.25) is 0 Å². The molecular weight excluding hydrogens is 250 g/mol. The molecule has 20 heavy (non-hydrogen) atoms. The van der Waals surface area contributed by atoms with Gasteiger partial charge in [0.25, 0.3) is 0 Å². The van der Waals surface area contributed by atoms with E-state index in [2.05, 4.69) is 24.2 Å². The first-order valence-corrected chi connectivity index (χ1v) is 7.75. The molecule has 0 aliphatic carbocycles. The van der Waals surface area contributed by atoms with Crippen molar-refractivity contribution in [3.63, 3.8) is 0 Å². The van der Waals surface area contributed by atoms with Gasteiger partial charge in [0.2, 0.25) is 0 Å². The molecule has 0 amide bonds. The van der Waals surface area contributed by atoms with Gasteiger partial charge in [0, 0.05) is 24.6 Å². The van der Waals surface area contributed by atoms with Crippen molar-refractivity contribution in [2.45, 2.75) is 73.3 Å². The van der Waals surface area contributed by atoms with E-state index in [-0.39, 0.29) is 5.41 Å². The Morgan fingerprint density at radius 3 is 2.70 bits per heavy atom. The lowest BCUT2D eigenvalue weighted by Gasteiger charge is -2.15. The highest BCUT2D eigenvalue weighted by atomic mass is 16.1. The molecule has 1 rings (SSSR count). The average Bonchev–Trinajstić information content (AvgIpc) is 2.75. The van der Waals surface area contributed by atoms with E-state index < -0.39 is 0 Å². The van der Waals surface area contributed by atoms with Crippen molar-refractivity contribution in [3.8, 4) is 0 Å². The standard InChI is InChI=1S/C16H29N3O/c1-6-8-13(2)11-19-12-14(17-18-19)9-7-10-15(20)16(3,4)5/h12-13H,6-11H2,1-5H3. The SMILES string of the molecule is CCCC(C)Cn1cc(CCCC(=O)C(C)(C)C)nn1. The van der Waals surface area contributed by atoms with Gasteiger partial charge in [0.15, 0.2) is 0 Å². The second-order valence-corrected chi connectivity index (χ2v) is 6.85. The van der Waals surface area contributed by atoms with Crippen molar-refractivity contribution in [3.05, 3.63) is 11.9 Å². The summed E-state index contributed by atoms with van der Waals surface area (Å²) < 4.78 is 1.93. The highest BCUT2D eigenvalue weighted by Gasteiger charge is 2.20. The van der Waals surface area contributed by atoms with Crippen LogP contribution in [0, 0.1) is 11.3 Å². The Balaban J connectivity index is 2.36. The molecule has 4 heteroatoms. The molecule has 0 bridgehead atoms. The Bertz CT molecular complexity index is 418. The maximum atomic E-state index is 11.8. The molecule has 1 heterocycles. The fourth-order valence-corrected chi connectivity index (χ4v) is 2.25. The second kappa shape index (κ2) is 7.55. The van der Waals surface area contributed by atoms with Crippen LogP contribution in [0.15, 0.2) is 6.20 Å². The van der Waals surface area contributed by atoms with Crippen molar-refractivity contribution < 1.29 is 4.79 Å². The summed E-state index contributed by atoms with van der Waals surface area (Å²) in [7, 11) is 0. The fraction of sp³-hybridized carbons (Fsp3) is 0.812. The molecule has 0 fully saturated rings. The van der Waals surface area contributed by atoms with Crippen molar-refractivity contribution in [1.29, 1.82) is 0 Å². The third-order valence-corrected chi connectivity index (χ3v) is 3.54. The minimum Gasteiger partial charge on any atom is -0.299 e. The van der Waals surface area contributed by atoms with Crippen LogP contribution in [0.1, 0.15) is 66.0 Å². The lowest BCUT2D eigenvalue weighted by molar-refractivity contribution is -0.126. The normalized spacial score (nSPS) is 13.4. The van der Waals surface area contributed by atoms with Crippen LogP contribution < -0.4 is 0 Å². The Labute approximate surface area is 122 Å². The summed E-state index contributed by atoms with van der Waals surface area (Å²) in [6.07, 6.45) is 6.77. The monoisotopic (exact) mass is 279 g/mol. The first-order chi connectivity index (χ1) is 9.32. The van der Waals surface area contributed by atoms with E-state index in [0.717, 1.165) is 25.1 Å². The molecule has 0 aliphatic rings. The fourth-order valence-electron chi connectivity index (χ4n) is 2.25. The van der Waals surface area contributed by atoms with E-state index in [1.807, 2.05) is 31.6 Å². The maximum Gasteiger partial charge on any atom is 0.138 e. The lowest BCUT2D eigenvalue weighted by Crippen LogP contribution is -2.19. The number of rotatable bonds is 8. The Hall–Kier alpha value is -1.19. The van der Waals surface area contributed by atoms with Gasteiger partial charge in [-0.25, -0.2) is 0 Å². The van der Waals surface area contributed by atoms with Crippen molar-refractivity contribution in [2.75, 3.05) is 0 Å². The molecule has 114 valence electrons. The van der Waals surface area contributed by atoms with Gasteiger partial charge in [-0.3, -0.25) is 9.48 Å². The van der Waals surface area contributed by atoms with Gasteiger partial charge in [-0.05, 0) is 25.2 Å². The number of carbonyl (C=O) groups is 1. The first kappa shape index (κ1) is 16.9. The largest absolute Gasteiger partial charge is 0.299 e. The minimum absolute atomic E-state index is 0.229. The molecule has 0 spiro atoms. The average molecular weight is 279 g/mol. The Morgan fingerprint density at radius 1 is 1.40 bits per heavy atom. The quantitative estimate of drug-likeness (QED) is 0.729. The number of nitrogens with zero attached hydrogens (tertiary/aromatic N) is 3. The zero-order valence-electron chi connectivity index (χ0n) is 13.6. The van der Waals surface area contributed by atoms with Crippen LogP contribution in [0.3, 0.4) is 0 Å². The topological polar surface area (TPSA) is 47.8 Å². The van der Waals surface area contributed by atoms with Gasteiger partial charge in [-0.15, -0.1) is 5.10 Å². The summed E-state index contributed by atoms with van der Waals surface area (Å²) in [5.41, 5.74) is 0.767. The Morgan fingerprint density at radius 2 is 2.10 bits per heavy atom. The van der Waals surface area contributed by atoms with Crippen molar-refractivity contribution in [1.82, 2.24) is 15.0 Å². The number of ketones is 1. The molecule has 0 radical (unpaired) electrons. The van der Waals surface area contributed by atoms with Crippen molar-refractivity contribution in [2.24, 2.45) is 11.3 Å². The maximum absolute atomic E-state index is 11.8. The summed E-state index contributed by atoms with van der Waals surface area (Å²) in [6.45, 7) is 11.3. The summed E-state index contributed by atoms with van der Waals surface area (Å²) >= 11 is 0. The molecule has 4 nitrogen and oxygen atoms in total. The van der Waals surface area contributed by atoms with Crippen LogP contribution in [-0.4, -0.2) is 20.8 Å². The van der Waals surface area contributed by atoms with E-state index in [4.69, 9.17) is 0 Å². The predicted octanol–water partition coefficient (Wildman–Crippen LogP) is 3.65. The zero-order chi connectivity index (χ0) is 15.2. The third kappa shape index (κ3) is 5.85. The number of aryl methyl sites for hydroxylation is 1. The molecule has 0 saturated heterocycles. The molecular formula is C16H29N3O. The highest BCUT2D eigenvalue weighted by molar-refractivity contribution is 5.83. The van der Waals surface area contributed by atoms with E-state index in [9.17, 15) is 4.79 Å². The third-order valence-electron chi connectivity index (χ3n) is 3.54. The second-order valence-electron chi connectivity index (χ2n) is 6.85. The van der Waals surface area contributed by atoms with Gasteiger partial charge in [0.05, 0.1) is 5.69 Å². The van der Waals surface area contributed by atoms with E-state index in [1.54, 1.807) is 0 Å². The molecule has 0 saturated carbocycles. The van der Waals surface area contributed by atoms with Crippen LogP contribution in [0.25, 0.3) is 0 Å². The highest BCUT2D eigenvalue weighted by Crippen LogP contribution is 2.18. The number of carbonyl (C=O) groups excluding carboxylic acids is 1. The number of hydrogen-bond donors (Lipinski definition) is 0. The molecule has 1 aromatic rings. The Kier molecular flexibility index (Phi) is 6.37. The van der Waals surface area contributed by atoms with E-state index in [1.165, 1.54) is 12.8 Å². The van der Waals surface area contributed by atoms with Crippen LogP contribution in [-0.2, 0) is 17.8 Å². The molecule has 1 aromatic heterocycles. The molecule has 1 unspecified atom stereocenters. The predicted molar refractivity (Wildman–Crippen MR) is 81.5 cm³/mol. The van der Waals surface area contributed by atoms with Gasteiger partial charge in [-0.1, -0.05) is 46.3 Å². The molecule has 0 aliphatic heterocycles.